The van der Waals surface area contributed by atoms with Crippen LogP contribution in [-0.2, 0) is 19.6 Å². The zero-order valence-electron chi connectivity index (χ0n) is 24.9. The van der Waals surface area contributed by atoms with E-state index in [2.05, 4.69) is 120 Å². The molecule has 6 nitrogen and oxygen atoms in total. The van der Waals surface area contributed by atoms with Gasteiger partial charge in [-0.3, -0.25) is 15.0 Å². The summed E-state index contributed by atoms with van der Waals surface area (Å²) >= 11 is 0. The van der Waals surface area contributed by atoms with Gasteiger partial charge in [0.1, 0.15) is 0 Å². The van der Waals surface area contributed by atoms with Crippen molar-refractivity contribution in [3.8, 4) is 33.4 Å². The molecule has 6 heteroatoms. The molecule has 0 bridgehead atoms. The molecule has 216 valence electrons. The second-order valence-electron chi connectivity index (χ2n) is 11.1. The lowest BCUT2D eigenvalue weighted by Crippen LogP contribution is -2.36. The molecule has 0 aliphatic heterocycles. The van der Waals surface area contributed by atoms with Crippen molar-refractivity contribution in [1.29, 1.82) is 0 Å². The fraction of sp³-hybridized carbons (Fsp3) is 0.0769. The predicted molar refractivity (Wildman–Crippen MR) is 173 cm³/mol. The van der Waals surface area contributed by atoms with E-state index in [9.17, 15) is 0 Å². The Kier molecular flexibility index (Phi) is 8.18. The first-order valence-electron chi connectivity index (χ1n) is 15.1. The number of nitrogens with zero attached hydrogens (tertiary/aromatic N) is 6. The van der Waals surface area contributed by atoms with Crippen molar-refractivity contribution in [2.75, 3.05) is 0 Å². The molecule has 0 spiro atoms. The SMILES string of the molecule is c1cc(-c2cc[n+](Cc3cc(C[n+]4ccc(-c5ccncc5)cc4)cc(C[n+]4ccc(-c5ccncc5)cc4)c3)cc2)ccn1. The van der Waals surface area contributed by atoms with E-state index in [1.165, 1.54) is 50.1 Å². The summed E-state index contributed by atoms with van der Waals surface area (Å²) in [5.41, 5.74) is 10.9. The van der Waals surface area contributed by atoms with Gasteiger partial charge in [0.25, 0.3) is 0 Å². The van der Waals surface area contributed by atoms with Gasteiger partial charge >= 0.3 is 0 Å². The first-order valence-corrected chi connectivity index (χ1v) is 15.1. The van der Waals surface area contributed by atoms with Crippen molar-refractivity contribution in [3.63, 3.8) is 0 Å². The number of benzene rings is 1. The molecule has 45 heavy (non-hydrogen) atoms. The smallest absolute Gasteiger partial charge is 0.173 e. The van der Waals surface area contributed by atoms with Crippen molar-refractivity contribution in [2.45, 2.75) is 19.6 Å². The Hall–Kier alpha value is -5.88. The molecule has 0 unspecified atom stereocenters. The Morgan fingerprint density at radius 3 is 0.778 bits per heavy atom. The van der Waals surface area contributed by atoms with E-state index in [4.69, 9.17) is 0 Å². The maximum absolute atomic E-state index is 4.14. The summed E-state index contributed by atoms with van der Waals surface area (Å²) in [6.45, 7) is 2.36. The molecule has 0 aliphatic carbocycles. The van der Waals surface area contributed by atoms with Crippen LogP contribution in [0.5, 0.6) is 0 Å². The number of hydrogen-bond donors (Lipinski definition) is 0. The van der Waals surface area contributed by atoms with Crippen LogP contribution in [0.2, 0.25) is 0 Å². The Bertz CT molecular complexity index is 1730. The lowest BCUT2D eigenvalue weighted by atomic mass is 10.0. The fourth-order valence-electron chi connectivity index (χ4n) is 5.64. The van der Waals surface area contributed by atoms with Gasteiger partial charge in [0.15, 0.2) is 56.8 Å². The Morgan fingerprint density at radius 2 is 0.533 bits per heavy atom. The van der Waals surface area contributed by atoms with Gasteiger partial charge in [0.2, 0.25) is 0 Å². The lowest BCUT2D eigenvalue weighted by Gasteiger charge is -2.07. The average Bonchev–Trinajstić information content (AvgIpc) is 3.10. The molecule has 6 aromatic heterocycles. The number of hydrogen-bond acceptors (Lipinski definition) is 3. The molecular formula is C39H33N6+3. The van der Waals surface area contributed by atoms with Gasteiger partial charge < -0.3 is 0 Å². The summed E-state index contributed by atoms with van der Waals surface area (Å²) in [5.74, 6) is 0. The maximum atomic E-state index is 4.14. The monoisotopic (exact) mass is 585 g/mol. The van der Waals surface area contributed by atoms with Gasteiger partial charge in [-0.05, 0) is 88.0 Å². The first-order chi connectivity index (χ1) is 22.2. The second-order valence-corrected chi connectivity index (χ2v) is 11.1. The molecular weight excluding hydrogens is 552 g/mol. The summed E-state index contributed by atoms with van der Waals surface area (Å²) < 4.78 is 6.71. The summed E-state index contributed by atoms with van der Waals surface area (Å²) in [6.07, 6.45) is 23.9. The lowest BCUT2D eigenvalue weighted by molar-refractivity contribution is -0.690. The third kappa shape index (κ3) is 7.03. The average molecular weight is 586 g/mol. The molecule has 0 amide bonds. The van der Waals surface area contributed by atoms with E-state index in [1.54, 1.807) is 0 Å². The maximum Gasteiger partial charge on any atom is 0.173 e. The molecule has 1 aromatic carbocycles. The van der Waals surface area contributed by atoms with E-state index in [-0.39, 0.29) is 0 Å². The van der Waals surface area contributed by atoms with Crippen LogP contribution >= 0.6 is 0 Å². The highest BCUT2D eigenvalue weighted by Crippen LogP contribution is 2.19. The quantitative estimate of drug-likeness (QED) is 0.199. The molecule has 7 aromatic rings. The molecule has 0 atom stereocenters. The molecule has 0 fully saturated rings. The molecule has 0 N–H and O–H groups in total. The zero-order chi connectivity index (χ0) is 30.3. The van der Waals surface area contributed by atoms with Crippen LogP contribution in [0.3, 0.4) is 0 Å². The van der Waals surface area contributed by atoms with E-state index < -0.39 is 0 Å². The van der Waals surface area contributed by atoms with Crippen molar-refractivity contribution in [3.05, 3.63) is 182 Å². The molecule has 0 aliphatic rings. The van der Waals surface area contributed by atoms with E-state index >= 15 is 0 Å². The highest BCUT2D eigenvalue weighted by atomic mass is 14.9. The van der Waals surface area contributed by atoms with Crippen LogP contribution in [0.15, 0.2) is 165 Å². The van der Waals surface area contributed by atoms with Crippen LogP contribution in [0, 0.1) is 0 Å². The third-order valence-corrected chi connectivity index (χ3v) is 7.92. The van der Waals surface area contributed by atoms with Crippen LogP contribution in [-0.4, -0.2) is 15.0 Å². The van der Waals surface area contributed by atoms with Crippen molar-refractivity contribution >= 4 is 0 Å². The minimum Gasteiger partial charge on any atom is -0.265 e. The zero-order valence-corrected chi connectivity index (χ0v) is 24.9. The van der Waals surface area contributed by atoms with E-state index in [0.29, 0.717) is 0 Å². The number of pyridine rings is 6. The Balaban J connectivity index is 1.15. The van der Waals surface area contributed by atoms with Crippen LogP contribution in [0.25, 0.3) is 33.4 Å². The van der Waals surface area contributed by atoms with Gasteiger partial charge in [-0.25, -0.2) is 13.7 Å². The second kappa shape index (κ2) is 13.2. The standard InChI is InChI=1S/C39H33N6/c1-13-40-14-2-34(1)37-7-19-43(20-8-37)28-31-25-32(29-44-21-9-38(10-22-44)35-3-15-41-16-4-35)27-33(26-31)30-45-23-11-39(12-24-45)36-5-17-42-18-6-36/h1-27H,28-30H2/q+3. The first kappa shape index (κ1) is 27.9. The summed E-state index contributed by atoms with van der Waals surface area (Å²) in [5, 5.41) is 0. The fourth-order valence-corrected chi connectivity index (χ4v) is 5.64. The largest absolute Gasteiger partial charge is 0.265 e. The minimum absolute atomic E-state index is 0.786. The third-order valence-electron chi connectivity index (χ3n) is 7.92. The van der Waals surface area contributed by atoms with Crippen LogP contribution in [0.4, 0.5) is 0 Å². The van der Waals surface area contributed by atoms with Crippen LogP contribution < -0.4 is 13.7 Å². The van der Waals surface area contributed by atoms with Gasteiger partial charge in [-0.15, -0.1) is 0 Å². The molecule has 0 saturated carbocycles. The van der Waals surface area contributed by atoms with E-state index in [0.717, 1.165) is 19.6 Å². The van der Waals surface area contributed by atoms with Gasteiger partial charge in [-0.2, -0.15) is 0 Å². The minimum atomic E-state index is 0.786. The molecule has 0 saturated heterocycles. The number of rotatable bonds is 9. The van der Waals surface area contributed by atoms with Gasteiger partial charge in [0.05, 0.1) is 0 Å². The van der Waals surface area contributed by atoms with Gasteiger partial charge in [0, 0.05) is 90.3 Å². The normalized spacial score (nSPS) is 10.9. The highest BCUT2D eigenvalue weighted by Gasteiger charge is 2.13. The molecule has 0 radical (unpaired) electrons. The topological polar surface area (TPSA) is 50.3 Å². The van der Waals surface area contributed by atoms with Crippen molar-refractivity contribution < 1.29 is 13.7 Å². The van der Waals surface area contributed by atoms with Crippen molar-refractivity contribution in [2.24, 2.45) is 0 Å². The predicted octanol–water partition coefficient (Wildman–Crippen LogP) is 5.88. The highest BCUT2D eigenvalue weighted by molar-refractivity contribution is 5.62. The van der Waals surface area contributed by atoms with E-state index in [1.807, 2.05) is 73.6 Å². The molecule has 6 heterocycles. The molecule has 7 rings (SSSR count). The summed E-state index contributed by atoms with van der Waals surface area (Å²) in [6, 6.07) is 32.2. The van der Waals surface area contributed by atoms with Gasteiger partial charge in [-0.1, -0.05) is 0 Å². The Labute approximate surface area is 263 Å². The Morgan fingerprint density at radius 1 is 0.311 bits per heavy atom. The van der Waals surface area contributed by atoms with Crippen molar-refractivity contribution in [1.82, 2.24) is 15.0 Å². The van der Waals surface area contributed by atoms with Crippen LogP contribution in [0.1, 0.15) is 16.7 Å². The summed E-state index contributed by atoms with van der Waals surface area (Å²) in [7, 11) is 0. The summed E-state index contributed by atoms with van der Waals surface area (Å²) in [4.78, 5) is 12.4. The number of aromatic nitrogens is 6.